The molecule has 144 valence electrons. The Kier molecular flexibility index (Phi) is 9.38. The summed E-state index contributed by atoms with van der Waals surface area (Å²) in [5, 5.41) is 3.89. The first-order valence-electron chi connectivity index (χ1n) is 10.7. The van der Waals surface area contributed by atoms with Crippen LogP contribution in [0.5, 0.6) is 0 Å². The van der Waals surface area contributed by atoms with Crippen molar-refractivity contribution < 1.29 is 0 Å². The quantitative estimate of drug-likeness (QED) is 0.632. The zero-order chi connectivity index (χ0) is 19.0. The predicted octanol–water partition coefficient (Wildman–Crippen LogP) is 6.42. The third-order valence-electron chi connectivity index (χ3n) is 5.35. The molecule has 2 saturated heterocycles. The number of rotatable bonds is 4. The number of nitrogens with one attached hydrogen (secondary N) is 1. The fraction of sp³-hybridized carbons (Fsp3) is 0.739. The molecule has 3 aliphatic rings. The maximum absolute atomic E-state index is 4.18. The van der Waals surface area contributed by atoms with Crippen LogP contribution in [0.25, 0.3) is 0 Å². The van der Waals surface area contributed by atoms with Crippen molar-refractivity contribution in [3.8, 4) is 0 Å². The number of piperidine rings is 1. The van der Waals surface area contributed by atoms with Gasteiger partial charge in [-0.05, 0) is 56.9 Å². The van der Waals surface area contributed by atoms with E-state index >= 15 is 0 Å². The van der Waals surface area contributed by atoms with E-state index in [0.717, 1.165) is 12.1 Å². The first kappa shape index (κ1) is 21.9. The van der Waals surface area contributed by atoms with E-state index in [9.17, 15) is 0 Å². The topological polar surface area (TPSA) is 15.3 Å². The van der Waals surface area contributed by atoms with Gasteiger partial charge in [-0.25, -0.2) is 0 Å². The fourth-order valence-corrected chi connectivity index (χ4v) is 4.52. The Morgan fingerprint density at radius 2 is 1.56 bits per heavy atom. The van der Waals surface area contributed by atoms with Gasteiger partial charge in [-0.3, -0.25) is 0 Å². The summed E-state index contributed by atoms with van der Waals surface area (Å²) >= 11 is 0. The van der Waals surface area contributed by atoms with Gasteiger partial charge in [0.05, 0.1) is 0 Å². The smallest absolute Gasteiger partial charge is 0.0333 e. The second-order valence-electron chi connectivity index (χ2n) is 7.35. The summed E-state index contributed by atoms with van der Waals surface area (Å²) in [5.74, 6) is 0.622. The normalized spacial score (nSPS) is 27.4. The first-order valence-corrected chi connectivity index (χ1v) is 10.7. The lowest BCUT2D eigenvalue weighted by Crippen LogP contribution is -2.48. The molecule has 2 heterocycles. The van der Waals surface area contributed by atoms with Crippen LogP contribution in [0.4, 0.5) is 0 Å². The maximum Gasteiger partial charge on any atom is 0.0333 e. The molecule has 0 aromatic rings. The van der Waals surface area contributed by atoms with Crippen molar-refractivity contribution in [3.63, 3.8) is 0 Å². The fourth-order valence-electron chi connectivity index (χ4n) is 4.52. The zero-order valence-electron chi connectivity index (χ0n) is 17.9. The van der Waals surface area contributed by atoms with Crippen LogP contribution in [0, 0.1) is 5.92 Å². The summed E-state index contributed by atoms with van der Waals surface area (Å²) in [6, 6.07) is 2.08. The molecule has 0 saturated carbocycles. The van der Waals surface area contributed by atoms with Gasteiger partial charge in [-0.15, -0.1) is 0 Å². The summed E-state index contributed by atoms with van der Waals surface area (Å²) in [6.07, 6.45) is 12.5. The monoisotopic (exact) mass is 346 g/mol. The van der Waals surface area contributed by atoms with E-state index in [-0.39, 0.29) is 0 Å². The molecule has 2 fully saturated rings. The van der Waals surface area contributed by atoms with E-state index in [1.807, 2.05) is 27.7 Å². The molecule has 2 unspecified atom stereocenters. The molecule has 2 aliphatic heterocycles. The average molecular weight is 347 g/mol. The molecule has 0 amide bonds. The Hall–Kier alpha value is -1.18. The van der Waals surface area contributed by atoms with E-state index in [2.05, 4.69) is 49.7 Å². The van der Waals surface area contributed by atoms with Crippen LogP contribution in [0.15, 0.2) is 35.7 Å². The van der Waals surface area contributed by atoms with Gasteiger partial charge < -0.3 is 10.2 Å². The molecule has 1 N–H and O–H groups in total. The van der Waals surface area contributed by atoms with Crippen LogP contribution < -0.4 is 5.32 Å². The van der Waals surface area contributed by atoms with Gasteiger partial charge in [-0.2, -0.15) is 0 Å². The minimum absolute atomic E-state index is 0.622. The van der Waals surface area contributed by atoms with Crippen LogP contribution in [0.1, 0.15) is 87.0 Å². The summed E-state index contributed by atoms with van der Waals surface area (Å²) in [6.45, 7) is 19.0. The summed E-state index contributed by atoms with van der Waals surface area (Å²) in [5.41, 5.74) is 4.21. The van der Waals surface area contributed by atoms with Crippen molar-refractivity contribution in [3.05, 3.63) is 35.7 Å². The standard InChI is InChI=1S/C19H30N2.2C2H6/c1-13(2)18-7-5-6-8-19(18)20-15-11-16-9-10-17(12-15)21(16)14(3)4;2*1-2/h7-8,13,15-17,20H,3,5-6,9-12H2,1-2,4H3;2*1-2H3. The maximum atomic E-state index is 4.18. The van der Waals surface area contributed by atoms with Crippen molar-refractivity contribution >= 4 is 0 Å². The molecule has 0 spiro atoms. The Morgan fingerprint density at radius 3 is 2.04 bits per heavy atom. The lowest BCUT2D eigenvalue weighted by atomic mass is 9.91. The largest absolute Gasteiger partial charge is 0.382 e. The predicted molar refractivity (Wildman–Crippen MR) is 113 cm³/mol. The lowest BCUT2D eigenvalue weighted by Gasteiger charge is -2.42. The summed E-state index contributed by atoms with van der Waals surface area (Å²) in [7, 11) is 0. The van der Waals surface area contributed by atoms with Crippen LogP contribution in [0.3, 0.4) is 0 Å². The molecule has 3 rings (SSSR count). The van der Waals surface area contributed by atoms with Crippen molar-refractivity contribution in [1.29, 1.82) is 0 Å². The highest BCUT2D eigenvalue weighted by molar-refractivity contribution is 5.34. The van der Waals surface area contributed by atoms with Crippen molar-refractivity contribution in [1.82, 2.24) is 10.2 Å². The van der Waals surface area contributed by atoms with Crippen molar-refractivity contribution in [2.45, 2.75) is 105 Å². The third-order valence-corrected chi connectivity index (χ3v) is 5.35. The van der Waals surface area contributed by atoms with Crippen LogP contribution >= 0.6 is 0 Å². The van der Waals surface area contributed by atoms with Gasteiger partial charge in [-0.1, -0.05) is 60.3 Å². The molecule has 25 heavy (non-hydrogen) atoms. The summed E-state index contributed by atoms with van der Waals surface area (Å²) in [4.78, 5) is 2.59. The molecule has 2 heteroatoms. The van der Waals surface area contributed by atoms with Crippen molar-refractivity contribution in [2.24, 2.45) is 5.92 Å². The molecule has 0 radical (unpaired) electrons. The highest BCUT2D eigenvalue weighted by Gasteiger charge is 2.40. The SMILES string of the molecule is C=C(C)N1C2CCC1CC(NC1=CCCC=C1C(C)C)C2.CC.CC. The zero-order valence-corrected chi connectivity index (χ0v) is 17.9. The lowest BCUT2D eigenvalue weighted by molar-refractivity contribution is 0.162. The second kappa shape index (κ2) is 10.7. The van der Waals surface area contributed by atoms with Gasteiger partial charge in [0.15, 0.2) is 0 Å². The molecule has 0 aromatic heterocycles. The van der Waals surface area contributed by atoms with Gasteiger partial charge >= 0.3 is 0 Å². The molecular weight excluding hydrogens is 304 g/mol. The molecule has 2 nitrogen and oxygen atoms in total. The van der Waals surface area contributed by atoms with Crippen LogP contribution in [0.2, 0.25) is 0 Å². The van der Waals surface area contributed by atoms with Crippen LogP contribution in [-0.4, -0.2) is 23.0 Å². The number of nitrogens with zero attached hydrogens (tertiary/aromatic N) is 1. The average Bonchev–Trinajstić information content (AvgIpc) is 2.90. The molecule has 0 aromatic carbocycles. The van der Waals surface area contributed by atoms with Gasteiger partial charge in [0.1, 0.15) is 0 Å². The number of hydrogen-bond acceptors (Lipinski definition) is 2. The van der Waals surface area contributed by atoms with Crippen LogP contribution in [-0.2, 0) is 0 Å². The van der Waals surface area contributed by atoms with E-state index in [4.69, 9.17) is 0 Å². The number of hydrogen-bond donors (Lipinski definition) is 1. The minimum atomic E-state index is 0.622. The third kappa shape index (κ3) is 5.39. The second-order valence-corrected chi connectivity index (χ2v) is 7.35. The molecule has 2 atom stereocenters. The van der Waals surface area contributed by atoms with Gasteiger partial charge in [0, 0.05) is 29.5 Å². The highest BCUT2D eigenvalue weighted by atomic mass is 15.2. The van der Waals surface area contributed by atoms with E-state index < -0.39 is 0 Å². The van der Waals surface area contributed by atoms with Crippen molar-refractivity contribution in [2.75, 3.05) is 0 Å². The van der Waals surface area contributed by atoms with E-state index in [1.165, 1.54) is 55.5 Å². The Labute approximate surface area is 157 Å². The number of allylic oxidation sites excluding steroid dienone is 4. The Bertz CT molecular complexity index is 458. The first-order chi connectivity index (χ1) is 12.1. The Morgan fingerprint density at radius 1 is 1.04 bits per heavy atom. The van der Waals surface area contributed by atoms with Gasteiger partial charge in [0.25, 0.3) is 0 Å². The number of fused-ring (bicyclic) bond motifs is 2. The molecular formula is C23H42N2. The van der Waals surface area contributed by atoms with E-state index in [1.54, 1.807) is 0 Å². The van der Waals surface area contributed by atoms with E-state index in [0.29, 0.717) is 12.0 Å². The summed E-state index contributed by atoms with van der Waals surface area (Å²) < 4.78 is 0. The Balaban J connectivity index is 0.000000730. The molecule has 2 bridgehead atoms. The van der Waals surface area contributed by atoms with Gasteiger partial charge in [0.2, 0.25) is 0 Å². The highest BCUT2D eigenvalue weighted by Crippen LogP contribution is 2.38. The minimum Gasteiger partial charge on any atom is -0.382 e. The molecule has 1 aliphatic carbocycles.